The van der Waals surface area contributed by atoms with Gasteiger partial charge >= 0.3 is 5.97 Å². The molecule has 0 bridgehead atoms. The highest BCUT2D eigenvalue weighted by molar-refractivity contribution is 9.10. The van der Waals surface area contributed by atoms with E-state index in [1.807, 2.05) is 0 Å². The molecule has 1 fully saturated rings. The Hall–Kier alpha value is -0.820. The van der Waals surface area contributed by atoms with Crippen LogP contribution in [0.3, 0.4) is 0 Å². The smallest absolute Gasteiger partial charge is 0.339 e. The zero-order valence-electron chi connectivity index (χ0n) is 10.7. The molecule has 112 valence electrons. The molecule has 1 aliphatic heterocycles. The molecule has 0 aromatic heterocycles. The minimum atomic E-state index is -1.17. The standard InChI is InChI=1S/C13H16BrNO4.ClH/c14-8-5-9(12(16)10(6-8)13(17)18)11(15)7-1-3-19-4-2-7;/h5-7,11,16H,1-4,15H2,(H,17,18);1H/t11-;/m1./s1. The van der Waals surface area contributed by atoms with Gasteiger partial charge in [-0.1, -0.05) is 15.9 Å². The fourth-order valence-corrected chi connectivity index (χ4v) is 2.84. The zero-order chi connectivity index (χ0) is 14.0. The third kappa shape index (κ3) is 3.63. The molecule has 0 saturated carbocycles. The first-order valence-electron chi connectivity index (χ1n) is 6.09. The van der Waals surface area contributed by atoms with Crippen molar-refractivity contribution in [2.24, 2.45) is 11.7 Å². The van der Waals surface area contributed by atoms with Crippen molar-refractivity contribution in [2.75, 3.05) is 13.2 Å². The normalized spacial score (nSPS) is 17.3. The summed E-state index contributed by atoms with van der Waals surface area (Å²) in [4.78, 5) is 11.1. The van der Waals surface area contributed by atoms with Crippen LogP contribution in [0.5, 0.6) is 5.75 Å². The lowest BCUT2D eigenvalue weighted by Gasteiger charge is -2.28. The first-order valence-corrected chi connectivity index (χ1v) is 6.89. The summed E-state index contributed by atoms with van der Waals surface area (Å²) in [6, 6.07) is 2.67. The molecule has 20 heavy (non-hydrogen) atoms. The number of hydrogen-bond acceptors (Lipinski definition) is 4. The van der Waals surface area contributed by atoms with Crippen LogP contribution in [-0.4, -0.2) is 29.4 Å². The second kappa shape index (κ2) is 7.26. The number of nitrogens with two attached hydrogens (primary N) is 1. The first-order chi connectivity index (χ1) is 9.00. The molecule has 1 saturated heterocycles. The molecule has 7 heteroatoms. The molecule has 1 aromatic carbocycles. The molecule has 1 atom stereocenters. The second-order valence-electron chi connectivity index (χ2n) is 4.67. The number of phenols is 1. The molecule has 2 rings (SSSR count). The molecule has 1 aliphatic rings. The number of carboxylic acid groups (broad SMARTS) is 1. The molecule has 0 aliphatic carbocycles. The summed E-state index contributed by atoms with van der Waals surface area (Å²) in [5, 5.41) is 19.1. The Kier molecular flexibility index (Phi) is 6.26. The molecule has 1 aromatic rings. The van der Waals surface area contributed by atoms with Gasteiger partial charge in [0.05, 0.1) is 0 Å². The predicted octanol–water partition coefficient (Wildman–Crippen LogP) is 2.70. The third-order valence-electron chi connectivity index (χ3n) is 3.47. The van der Waals surface area contributed by atoms with E-state index in [9.17, 15) is 9.90 Å². The van der Waals surface area contributed by atoms with E-state index in [-0.39, 0.29) is 35.7 Å². The Morgan fingerprint density at radius 2 is 2.00 bits per heavy atom. The van der Waals surface area contributed by atoms with Gasteiger partial charge in [-0.25, -0.2) is 4.79 Å². The largest absolute Gasteiger partial charge is 0.507 e. The van der Waals surface area contributed by atoms with Crippen LogP contribution in [-0.2, 0) is 4.74 Å². The van der Waals surface area contributed by atoms with Gasteiger partial charge in [-0.15, -0.1) is 12.4 Å². The van der Waals surface area contributed by atoms with E-state index in [1.54, 1.807) is 6.07 Å². The topological polar surface area (TPSA) is 92.8 Å². The number of ether oxygens (including phenoxy) is 1. The highest BCUT2D eigenvalue weighted by Gasteiger charge is 2.26. The number of carbonyl (C=O) groups is 1. The van der Waals surface area contributed by atoms with Gasteiger partial charge in [0, 0.05) is 29.3 Å². The molecule has 0 amide bonds. The Balaban J connectivity index is 0.00000200. The maximum atomic E-state index is 11.1. The SMILES string of the molecule is Cl.N[C@@H](c1cc(Br)cc(C(=O)O)c1O)C1CCOCC1. The van der Waals surface area contributed by atoms with Crippen LogP contribution in [0, 0.1) is 5.92 Å². The van der Waals surface area contributed by atoms with Gasteiger partial charge in [-0.3, -0.25) is 0 Å². The predicted molar refractivity (Wildman–Crippen MR) is 80.5 cm³/mol. The van der Waals surface area contributed by atoms with Gasteiger partial charge in [-0.2, -0.15) is 0 Å². The van der Waals surface area contributed by atoms with Gasteiger partial charge in [0.1, 0.15) is 11.3 Å². The summed E-state index contributed by atoms with van der Waals surface area (Å²) in [7, 11) is 0. The number of rotatable bonds is 3. The van der Waals surface area contributed by atoms with Gasteiger partial charge in [0.2, 0.25) is 0 Å². The second-order valence-corrected chi connectivity index (χ2v) is 5.59. The number of benzene rings is 1. The first kappa shape index (κ1) is 17.2. The van der Waals surface area contributed by atoms with Crippen molar-refractivity contribution in [1.29, 1.82) is 0 Å². The van der Waals surface area contributed by atoms with Gasteiger partial charge in [0.15, 0.2) is 0 Å². The fraction of sp³-hybridized carbons (Fsp3) is 0.462. The highest BCUT2D eigenvalue weighted by atomic mass is 79.9. The molecule has 0 unspecified atom stereocenters. The van der Waals surface area contributed by atoms with Crippen LogP contribution in [0.4, 0.5) is 0 Å². The lowest BCUT2D eigenvalue weighted by atomic mass is 9.86. The highest BCUT2D eigenvalue weighted by Crippen LogP contribution is 2.36. The molecule has 0 radical (unpaired) electrons. The van der Waals surface area contributed by atoms with Gasteiger partial charge in [-0.05, 0) is 30.9 Å². The van der Waals surface area contributed by atoms with E-state index in [2.05, 4.69) is 15.9 Å². The number of carboxylic acids is 1. The number of aromatic hydroxyl groups is 1. The van der Waals surface area contributed by atoms with Crippen molar-refractivity contribution in [3.8, 4) is 5.75 Å². The van der Waals surface area contributed by atoms with Crippen LogP contribution in [0.25, 0.3) is 0 Å². The molecule has 0 spiro atoms. The van der Waals surface area contributed by atoms with Crippen LogP contribution in [0.15, 0.2) is 16.6 Å². The summed E-state index contributed by atoms with van der Waals surface area (Å²) in [5.41, 5.74) is 6.52. The molecular formula is C13H17BrClNO4. The monoisotopic (exact) mass is 365 g/mol. The Morgan fingerprint density at radius 1 is 1.40 bits per heavy atom. The van der Waals surface area contributed by atoms with Crippen LogP contribution < -0.4 is 5.73 Å². The zero-order valence-corrected chi connectivity index (χ0v) is 13.1. The van der Waals surface area contributed by atoms with E-state index in [4.69, 9.17) is 15.6 Å². The van der Waals surface area contributed by atoms with Crippen molar-refractivity contribution in [3.63, 3.8) is 0 Å². The molecule has 4 N–H and O–H groups in total. The third-order valence-corrected chi connectivity index (χ3v) is 3.93. The maximum absolute atomic E-state index is 11.1. The van der Waals surface area contributed by atoms with Crippen molar-refractivity contribution in [3.05, 3.63) is 27.7 Å². The number of halogens is 2. The Bertz CT molecular complexity index is 492. The Morgan fingerprint density at radius 3 is 2.55 bits per heavy atom. The lowest BCUT2D eigenvalue weighted by molar-refractivity contribution is 0.0579. The van der Waals surface area contributed by atoms with Crippen LogP contribution >= 0.6 is 28.3 Å². The quantitative estimate of drug-likeness (QED) is 0.765. The van der Waals surface area contributed by atoms with Crippen molar-refractivity contribution < 1.29 is 19.7 Å². The number of hydrogen-bond donors (Lipinski definition) is 3. The number of aromatic carboxylic acids is 1. The minimum Gasteiger partial charge on any atom is -0.507 e. The average molecular weight is 367 g/mol. The lowest BCUT2D eigenvalue weighted by Crippen LogP contribution is -2.27. The minimum absolute atomic E-state index is 0. The molecule has 5 nitrogen and oxygen atoms in total. The summed E-state index contributed by atoms with van der Waals surface area (Å²) < 4.78 is 5.88. The van der Waals surface area contributed by atoms with E-state index >= 15 is 0 Å². The van der Waals surface area contributed by atoms with Crippen LogP contribution in [0.1, 0.15) is 34.8 Å². The fourth-order valence-electron chi connectivity index (χ4n) is 2.37. The summed E-state index contributed by atoms with van der Waals surface area (Å²) in [6.07, 6.45) is 1.63. The summed E-state index contributed by atoms with van der Waals surface area (Å²) >= 11 is 3.25. The summed E-state index contributed by atoms with van der Waals surface area (Å²) in [5.74, 6) is -1.22. The van der Waals surface area contributed by atoms with Crippen LogP contribution in [0.2, 0.25) is 0 Å². The summed E-state index contributed by atoms with van der Waals surface area (Å²) in [6.45, 7) is 1.30. The van der Waals surface area contributed by atoms with Gasteiger partial charge < -0.3 is 20.7 Å². The average Bonchev–Trinajstić information content (AvgIpc) is 2.41. The van der Waals surface area contributed by atoms with Crippen molar-refractivity contribution in [2.45, 2.75) is 18.9 Å². The molecular weight excluding hydrogens is 350 g/mol. The van der Waals surface area contributed by atoms with Gasteiger partial charge in [0.25, 0.3) is 0 Å². The van der Waals surface area contributed by atoms with Crippen molar-refractivity contribution in [1.82, 2.24) is 0 Å². The van der Waals surface area contributed by atoms with E-state index < -0.39 is 5.97 Å². The van der Waals surface area contributed by atoms with E-state index in [0.29, 0.717) is 23.2 Å². The maximum Gasteiger partial charge on any atom is 0.339 e. The van der Waals surface area contributed by atoms with Crippen molar-refractivity contribution >= 4 is 34.3 Å². The van der Waals surface area contributed by atoms with E-state index in [0.717, 1.165) is 12.8 Å². The Labute approximate surface area is 131 Å². The molecule has 1 heterocycles. The van der Waals surface area contributed by atoms with E-state index in [1.165, 1.54) is 6.07 Å².